The normalized spacial score (nSPS) is 40.6. The third-order valence-corrected chi connectivity index (χ3v) is 28.6. The van der Waals surface area contributed by atoms with Gasteiger partial charge < -0.3 is 30.9 Å². The first-order valence-electron chi connectivity index (χ1n) is 33.6. The first-order chi connectivity index (χ1) is 40.4. The molecule has 5 aromatic heterocycles. The molecule has 8 nitrogen and oxygen atoms in total. The highest BCUT2D eigenvalue weighted by Crippen LogP contribution is 2.61. The van der Waals surface area contributed by atoms with Crippen molar-refractivity contribution in [2.75, 3.05) is 13.1 Å². The molecule has 5 N–H and O–H groups in total. The third kappa shape index (κ3) is 12.3. The number of rotatable bonds is 13. The van der Waals surface area contributed by atoms with Crippen LogP contribution in [0.1, 0.15) is 219 Å². The Kier molecular flexibility index (Phi) is 16.0. The summed E-state index contributed by atoms with van der Waals surface area (Å²) in [7, 11) is 0. The summed E-state index contributed by atoms with van der Waals surface area (Å²) < 4.78 is 7.04. The minimum Gasteiger partial charge on any atom is -0.390 e. The summed E-state index contributed by atoms with van der Waals surface area (Å²) in [6.07, 6.45) is 38.1. The lowest BCUT2D eigenvalue weighted by molar-refractivity contribution is -0.142. The molecule has 17 aliphatic rings. The van der Waals surface area contributed by atoms with E-state index >= 15 is 0 Å². The summed E-state index contributed by atoms with van der Waals surface area (Å²) in [6.45, 7) is 10.4. The van der Waals surface area contributed by atoms with E-state index < -0.39 is 5.60 Å². The standard InChI is InChI=1S/C19H29N3O2.C18H23NS2.C17H23NS.C17H21NS/c23-19-9-13-6-14(10-19)8-18(7-13,12-19)20-11-16-21-17(24-22-16)15-4-2-1-3-5-15;1-11-15-5-12-4-13(6-15)9-18(11,8-12)19-10-16-7-14-2-3-20-17(14)21-16;1-12(16-3-2-4-19-16)11-18-17-8-13-5-14(9-17)7-15(6-13)10-17;1(3-16-4-2-6-19-16)5-18-17-10-13-7-14(11-17)9-15(8-13)12-17/h13-15,20,23H,1-12H2;2-3,7,11-13,15,19H,4-6,8-10H2,1H3;2-4,13-15,18H,1,5-11H2;2,4,6,13-15,18H,5,7-12H2. The van der Waals surface area contributed by atoms with E-state index in [0.717, 1.165) is 110 Å². The molecule has 0 spiro atoms. The Labute approximate surface area is 512 Å². The van der Waals surface area contributed by atoms with E-state index in [2.05, 4.69) is 109 Å². The Hall–Kier alpha value is -2.70. The van der Waals surface area contributed by atoms with E-state index in [0.29, 0.717) is 40.9 Å². The van der Waals surface area contributed by atoms with Crippen LogP contribution in [0, 0.1) is 82.9 Å². The molecular formula is C71H96N6O2S4. The van der Waals surface area contributed by atoms with Crippen molar-refractivity contribution in [2.24, 2.45) is 71.0 Å². The fourth-order valence-electron chi connectivity index (χ4n) is 22.5. The van der Waals surface area contributed by atoms with Crippen molar-refractivity contribution in [3.8, 4) is 11.8 Å². The van der Waals surface area contributed by atoms with Crippen LogP contribution in [0.5, 0.6) is 0 Å². The highest BCUT2D eigenvalue weighted by atomic mass is 32.2. The second-order valence-corrected chi connectivity index (χ2v) is 35.2. The lowest BCUT2D eigenvalue weighted by Crippen LogP contribution is -2.64. The first kappa shape index (κ1) is 56.8. The number of thiophene rings is 4. The quantitative estimate of drug-likeness (QED) is 0.0743. The van der Waals surface area contributed by atoms with Gasteiger partial charge >= 0.3 is 0 Å². The van der Waals surface area contributed by atoms with Gasteiger partial charge in [0.1, 0.15) is 0 Å². The molecule has 0 aliphatic heterocycles. The second kappa shape index (κ2) is 23.3. The highest BCUT2D eigenvalue weighted by Gasteiger charge is 2.58. The molecule has 17 fully saturated rings. The van der Waals surface area contributed by atoms with Crippen molar-refractivity contribution in [2.45, 2.75) is 233 Å². The zero-order chi connectivity index (χ0) is 55.8. The number of fused-ring (bicyclic) bond motifs is 1. The molecule has 22 rings (SSSR count). The molecule has 17 saturated carbocycles. The fraction of sp³-hybridized carbons (Fsp3) is 0.718. The van der Waals surface area contributed by atoms with Crippen LogP contribution in [0.25, 0.3) is 15.0 Å². The Morgan fingerprint density at radius 1 is 0.639 bits per heavy atom. The SMILES string of the molecule is C(#Cc1cccs1)CNC12CC3CC(CC(C3)C1)C2.C=C(CNC12CC3CC(CC(C3)C1)C2)c1cccs1.CC1C2CC3CC(C2)CC1(NCc1cc2ccsc2s1)C3.OC12CC3CC(C1)CC(NCc1noc(C4CCCCC4)n1)(C3)C2. The van der Waals surface area contributed by atoms with Crippen molar-refractivity contribution >= 4 is 60.3 Å². The van der Waals surface area contributed by atoms with Crippen molar-refractivity contribution in [3.05, 3.63) is 85.5 Å². The molecule has 5 atom stereocenters. The van der Waals surface area contributed by atoms with E-state index in [1.807, 2.05) is 34.0 Å². The Bertz CT molecular complexity index is 2950. The molecule has 16 bridgehead atoms. The fourth-order valence-corrected chi connectivity index (χ4v) is 25.9. The van der Waals surface area contributed by atoms with E-state index in [9.17, 15) is 5.11 Å². The minimum atomic E-state index is -0.415. The summed E-state index contributed by atoms with van der Waals surface area (Å²) >= 11 is 7.41. The van der Waals surface area contributed by atoms with E-state index in [-0.39, 0.29) is 5.54 Å². The van der Waals surface area contributed by atoms with Crippen LogP contribution < -0.4 is 21.3 Å². The van der Waals surface area contributed by atoms with Gasteiger partial charge in [-0.3, -0.25) is 0 Å². The molecular weight excluding hydrogens is 1100 g/mol. The first-order valence-corrected chi connectivity index (χ1v) is 37.1. The highest BCUT2D eigenvalue weighted by molar-refractivity contribution is 7.37. The van der Waals surface area contributed by atoms with E-state index in [4.69, 9.17) is 4.52 Å². The molecule has 446 valence electrons. The number of hydrogen-bond acceptors (Lipinski definition) is 12. The summed E-state index contributed by atoms with van der Waals surface area (Å²) in [6, 6.07) is 13.1. The molecule has 5 aromatic rings. The van der Waals surface area contributed by atoms with Gasteiger partial charge in [-0.2, -0.15) is 4.98 Å². The molecule has 0 aromatic carbocycles. The number of nitrogens with zero attached hydrogens (tertiary/aromatic N) is 2. The van der Waals surface area contributed by atoms with Crippen molar-refractivity contribution in [1.29, 1.82) is 0 Å². The van der Waals surface area contributed by atoms with Crippen LogP contribution in [0.2, 0.25) is 0 Å². The van der Waals surface area contributed by atoms with Crippen LogP contribution in [0.4, 0.5) is 0 Å². The molecule has 0 saturated heterocycles. The van der Waals surface area contributed by atoms with Gasteiger partial charge in [-0.15, -0.1) is 45.3 Å². The third-order valence-electron chi connectivity index (χ3n) is 24.6. The number of aliphatic hydroxyl groups is 1. The lowest BCUT2D eigenvalue weighted by atomic mass is 9.49. The van der Waals surface area contributed by atoms with E-state index in [1.165, 1.54) is 190 Å². The van der Waals surface area contributed by atoms with Gasteiger partial charge in [0, 0.05) is 56.3 Å². The largest absolute Gasteiger partial charge is 0.390 e. The molecule has 5 unspecified atom stereocenters. The molecule has 17 aliphatic carbocycles. The summed E-state index contributed by atoms with van der Waals surface area (Å²) in [5.41, 5.74) is 2.34. The van der Waals surface area contributed by atoms with Crippen LogP contribution in [-0.4, -0.2) is 56.1 Å². The number of aromatic nitrogens is 2. The Morgan fingerprint density at radius 3 is 1.84 bits per heavy atom. The molecule has 83 heavy (non-hydrogen) atoms. The van der Waals surface area contributed by atoms with Gasteiger partial charge in [0.2, 0.25) is 5.89 Å². The molecule has 5 heterocycles. The maximum absolute atomic E-state index is 10.8. The predicted octanol–water partition coefficient (Wildman–Crippen LogP) is 16.5. The van der Waals surface area contributed by atoms with E-state index in [1.54, 1.807) is 11.3 Å². The lowest BCUT2D eigenvalue weighted by Gasteiger charge is -2.61. The van der Waals surface area contributed by atoms with Gasteiger partial charge in [-0.05, 0) is 278 Å². The van der Waals surface area contributed by atoms with Gasteiger partial charge in [0.25, 0.3) is 0 Å². The van der Waals surface area contributed by atoms with Gasteiger partial charge in [0.15, 0.2) is 5.82 Å². The maximum Gasteiger partial charge on any atom is 0.229 e. The van der Waals surface area contributed by atoms with Crippen LogP contribution >= 0.6 is 45.3 Å². The zero-order valence-corrected chi connectivity index (χ0v) is 53.2. The molecule has 0 radical (unpaired) electrons. The predicted molar refractivity (Wildman–Crippen MR) is 344 cm³/mol. The zero-order valence-electron chi connectivity index (χ0n) is 49.9. The number of hydrogen-bond donors (Lipinski definition) is 5. The topological polar surface area (TPSA) is 107 Å². The van der Waals surface area contributed by atoms with Crippen molar-refractivity contribution < 1.29 is 9.63 Å². The smallest absolute Gasteiger partial charge is 0.229 e. The van der Waals surface area contributed by atoms with Crippen LogP contribution in [0.3, 0.4) is 0 Å². The van der Waals surface area contributed by atoms with Gasteiger partial charge in [0.05, 0.1) is 27.6 Å². The maximum atomic E-state index is 10.8. The molecule has 12 heteroatoms. The minimum absolute atomic E-state index is 0.102. The Morgan fingerprint density at radius 2 is 1.24 bits per heavy atom. The number of nitrogens with one attached hydrogen (secondary N) is 4. The van der Waals surface area contributed by atoms with Crippen molar-refractivity contribution in [3.63, 3.8) is 0 Å². The Balaban J connectivity index is 0.0000000949. The van der Waals surface area contributed by atoms with Crippen molar-refractivity contribution in [1.82, 2.24) is 31.4 Å². The average molecular weight is 1190 g/mol. The van der Waals surface area contributed by atoms with Crippen LogP contribution in [-0.2, 0) is 13.1 Å². The van der Waals surface area contributed by atoms with Crippen LogP contribution in [0.15, 0.2) is 63.6 Å². The summed E-state index contributed by atoms with van der Waals surface area (Å²) in [4.78, 5) is 8.73. The summed E-state index contributed by atoms with van der Waals surface area (Å²) in [5, 5.41) is 38.5. The average Bonchev–Trinajstić information content (AvgIpc) is 3.76. The molecule has 0 amide bonds. The summed E-state index contributed by atoms with van der Waals surface area (Å²) in [5.74, 6) is 20.1. The van der Waals surface area contributed by atoms with Gasteiger partial charge in [-0.1, -0.05) is 61.9 Å². The van der Waals surface area contributed by atoms with Gasteiger partial charge in [-0.25, -0.2) is 0 Å². The monoisotopic (exact) mass is 1190 g/mol. The second-order valence-electron chi connectivity index (χ2n) is 30.9.